The zero-order valence-electron chi connectivity index (χ0n) is 12.2. The molecular weight excluding hydrogens is 286 g/mol. The lowest BCUT2D eigenvalue weighted by molar-refractivity contribution is 0.0600. The van der Waals surface area contributed by atoms with Crippen molar-refractivity contribution in [2.75, 3.05) is 14.2 Å². The number of rotatable bonds is 6. The molecule has 0 atom stereocenters. The van der Waals surface area contributed by atoms with Crippen molar-refractivity contribution in [3.05, 3.63) is 53.3 Å². The van der Waals surface area contributed by atoms with E-state index in [9.17, 15) is 9.59 Å². The van der Waals surface area contributed by atoms with Gasteiger partial charge in [0.1, 0.15) is 18.1 Å². The largest absolute Gasteiger partial charge is 0.497 e. The molecule has 2 rings (SSSR count). The maximum absolute atomic E-state index is 11.3. The van der Waals surface area contributed by atoms with Gasteiger partial charge in [0.2, 0.25) is 0 Å². The van der Waals surface area contributed by atoms with E-state index in [1.54, 1.807) is 30.3 Å². The number of esters is 1. The Morgan fingerprint density at radius 1 is 1.23 bits per heavy atom. The van der Waals surface area contributed by atoms with Crippen LogP contribution in [0.25, 0.3) is 0 Å². The minimum Gasteiger partial charge on any atom is -0.497 e. The Labute approximate surface area is 127 Å². The summed E-state index contributed by atoms with van der Waals surface area (Å²) in [6.07, 6.45) is 2.12. The summed E-state index contributed by atoms with van der Waals surface area (Å²) >= 11 is 0. The minimum absolute atomic E-state index is 0.175. The first-order valence-electron chi connectivity index (χ1n) is 6.47. The van der Waals surface area contributed by atoms with E-state index >= 15 is 0 Å². The van der Waals surface area contributed by atoms with Gasteiger partial charge in [-0.3, -0.25) is 9.78 Å². The Kier molecular flexibility index (Phi) is 5.08. The fourth-order valence-corrected chi connectivity index (χ4v) is 1.78. The quantitative estimate of drug-likeness (QED) is 0.602. The van der Waals surface area contributed by atoms with Crippen LogP contribution >= 0.6 is 0 Å². The summed E-state index contributed by atoms with van der Waals surface area (Å²) in [5.41, 5.74) is 1.38. The van der Waals surface area contributed by atoms with Crippen LogP contribution < -0.4 is 9.47 Å². The second-order valence-electron chi connectivity index (χ2n) is 4.34. The zero-order valence-corrected chi connectivity index (χ0v) is 12.2. The number of benzene rings is 1. The Hall–Kier alpha value is -2.89. The van der Waals surface area contributed by atoms with E-state index in [0.29, 0.717) is 34.6 Å². The molecule has 1 heterocycles. The van der Waals surface area contributed by atoms with E-state index in [-0.39, 0.29) is 6.61 Å². The van der Waals surface area contributed by atoms with E-state index in [2.05, 4.69) is 9.72 Å². The normalized spacial score (nSPS) is 9.91. The van der Waals surface area contributed by atoms with Gasteiger partial charge in [-0.25, -0.2) is 4.79 Å². The monoisotopic (exact) mass is 301 g/mol. The van der Waals surface area contributed by atoms with Gasteiger partial charge < -0.3 is 14.2 Å². The summed E-state index contributed by atoms with van der Waals surface area (Å²) < 4.78 is 15.2. The van der Waals surface area contributed by atoms with Gasteiger partial charge in [0, 0.05) is 6.20 Å². The molecule has 0 saturated heterocycles. The van der Waals surface area contributed by atoms with Gasteiger partial charge in [0.05, 0.1) is 31.0 Å². The SMILES string of the molecule is COC(=O)c1ccc(COc2ccc(OC)cc2C=O)nc1. The molecule has 0 unspecified atom stereocenters. The van der Waals surface area contributed by atoms with Crippen molar-refractivity contribution in [2.24, 2.45) is 0 Å². The molecule has 0 N–H and O–H groups in total. The van der Waals surface area contributed by atoms with Crippen LogP contribution in [-0.2, 0) is 11.3 Å². The maximum Gasteiger partial charge on any atom is 0.339 e. The van der Waals surface area contributed by atoms with Crippen LogP contribution in [0.3, 0.4) is 0 Å². The van der Waals surface area contributed by atoms with E-state index in [0.717, 1.165) is 0 Å². The molecule has 0 aliphatic carbocycles. The predicted octanol–water partition coefficient (Wildman–Crippen LogP) is 2.27. The summed E-state index contributed by atoms with van der Waals surface area (Å²) in [6.45, 7) is 0.175. The first-order valence-corrected chi connectivity index (χ1v) is 6.47. The molecular formula is C16H15NO5. The molecule has 114 valence electrons. The van der Waals surface area contributed by atoms with Crippen LogP contribution in [-0.4, -0.2) is 31.5 Å². The summed E-state index contributed by atoms with van der Waals surface area (Å²) in [5.74, 6) is 0.572. The Bertz CT molecular complexity index is 667. The van der Waals surface area contributed by atoms with Crippen molar-refractivity contribution in [1.82, 2.24) is 4.98 Å². The highest BCUT2D eigenvalue weighted by molar-refractivity contribution is 5.88. The minimum atomic E-state index is -0.446. The van der Waals surface area contributed by atoms with Gasteiger partial charge in [0.25, 0.3) is 0 Å². The number of nitrogens with zero attached hydrogens (tertiary/aromatic N) is 1. The van der Waals surface area contributed by atoms with Gasteiger partial charge in [0.15, 0.2) is 6.29 Å². The average molecular weight is 301 g/mol. The topological polar surface area (TPSA) is 74.7 Å². The Morgan fingerprint density at radius 2 is 2.05 bits per heavy atom. The van der Waals surface area contributed by atoms with Crippen LogP contribution in [0.1, 0.15) is 26.4 Å². The van der Waals surface area contributed by atoms with Gasteiger partial charge in [-0.1, -0.05) is 0 Å². The van der Waals surface area contributed by atoms with E-state index < -0.39 is 5.97 Å². The number of aldehydes is 1. The number of carbonyl (C=O) groups is 2. The number of aromatic nitrogens is 1. The molecule has 0 spiro atoms. The van der Waals surface area contributed by atoms with Crippen molar-refractivity contribution in [3.63, 3.8) is 0 Å². The zero-order chi connectivity index (χ0) is 15.9. The smallest absolute Gasteiger partial charge is 0.339 e. The molecule has 0 aliphatic rings. The van der Waals surface area contributed by atoms with Gasteiger partial charge in [-0.15, -0.1) is 0 Å². The lowest BCUT2D eigenvalue weighted by Crippen LogP contribution is -2.04. The van der Waals surface area contributed by atoms with Crippen molar-refractivity contribution in [3.8, 4) is 11.5 Å². The molecule has 1 aromatic carbocycles. The molecule has 2 aromatic rings. The van der Waals surface area contributed by atoms with Crippen LogP contribution in [0.4, 0.5) is 0 Å². The number of pyridine rings is 1. The average Bonchev–Trinajstić information content (AvgIpc) is 2.59. The summed E-state index contributed by atoms with van der Waals surface area (Å²) in [6, 6.07) is 8.22. The van der Waals surface area contributed by atoms with Crippen LogP contribution in [0.2, 0.25) is 0 Å². The Morgan fingerprint density at radius 3 is 2.64 bits per heavy atom. The number of ether oxygens (including phenoxy) is 3. The second-order valence-corrected chi connectivity index (χ2v) is 4.34. The van der Waals surface area contributed by atoms with Crippen molar-refractivity contribution >= 4 is 12.3 Å². The highest BCUT2D eigenvalue weighted by Crippen LogP contribution is 2.23. The van der Waals surface area contributed by atoms with Crippen LogP contribution in [0.5, 0.6) is 11.5 Å². The third kappa shape index (κ3) is 3.60. The molecule has 6 nitrogen and oxygen atoms in total. The molecule has 0 radical (unpaired) electrons. The van der Waals surface area contributed by atoms with Crippen LogP contribution in [0.15, 0.2) is 36.5 Å². The third-order valence-electron chi connectivity index (χ3n) is 2.97. The summed E-state index contributed by atoms with van der Waals surface area (Å²) in [4.78, 5) is 26.5. The summed E-state index contributed by atoms with van der Waals surface area (Å²) in [5, 5.41) is 0. The fourth-order valence-electron chi connectivity index (χ4n) is 1.78. The van der Waals surface area contributed by atoms with Gasteiger partial charge in [-0.05, 0) is 30.3 Å². The van der Waals surface area contributed by atoms with E-state index in [4.69, 9.17) is 9.47 Å². The molecule has 0 bridgehead atoms. The van der Waals surface area contributed by atoms with Gasteiger partial charge in [-0.2, -0.15) is 0 Å². The van der Waals surface area contributed by atoms with E-state index in [1.165, 1.54) is 20.4 Å². The number of hydrogen-bond donors (Lipinski definition) is 0. The van der Waals surface area contributed by atoms with E-state index in [1.807, 2.05) is 0 Å². The molecule has 0 saturated carbocycles. The lowest BCUT2D eigenvalue weighted by Gasteiger charge is -2.09. The fraction of sp³-hybridized carbons (Fsp3) is 0.188. The first-order chi connectivity index (χ1) is 10.7. The third-order valence-corrected chi connectivity index (χ3v) is 2.97. The Balaban J connectivity index is 2.06. The maximum atomic E-state index is 11.3. The van der Waals surface area contributed by atoms with Crippen LogP contribution in [0, 0.1) is 0 Å². The lowest BCUT2D eigenvalue weighted by atomic mass is 10.2. The highest BCUT2D eigenvalue weighted by atomic mass is 16.5. The molecule has 1 aromatic heterocycles. The molecule has 0 aliphatic heterocycles. The predicted molar refractivity (Wildman–Crippen MR) is 78.3 cm³/mol. The van der Waals surface area contributed by atoms with Crippen molar-refractivity contribution < 1.29 is 23.8 Å². The molecule has 0 fully saturated rings. The molecule has 22 heavy (non-hydrogen) atoms. The molecule has 6 heteroatoms. The van der Waals surface area contributed by atoms with Gasteiger partial charge >= 0.3 is 5.97 Å². The van der Waals surface area contributed by atoms with Crippen molar-refractivity contribution in [1.29, 1.82) is 0 Å². The standard InChI is InChI=1S/C16H15NO5/c1-20-14-5-6-15(12(7-14)9-18)22-10-13-4-3-11(8-17-13)16(19)21-2/h3-9H,10H2,1-2H3. The van der Waals surface area contributed by atoms with Crippen molar-refractivity contribution in [2.45, 2.75) is 6.61 Å². The number of methoxy groups -OCH3 is 2. The number of hydrogen-bond acceptors (Lipinski definition) is 6. The molecule has 0 amide bonds. The number of carbonyl (C=O) groups excluding carboxylic acids is 2. The summed E-state index contributed by atoms with van der Waals surface area (Å²) in [7, 11) is 2.83. The first kappa shape index (κ1) is 15.5. The highest BCUT2D eigenvalue weighted by Gasteiger charge is 2.08. The second kappa shape index (κ2) is 7.21.